The van der Waals surface area contributed by atoms with Crippen LogP contribution in [0.2, 0.25) is 0 Å². The van der Waals surface area contributed by atoms with Crippen molar-refractivity contribution in [3.63, 3.8) is 0 Å². The molecule has 2 fully saturated rings. The van der Waals surface area contributed by atoms with Gasteiger partial charge in [0.2, 0.25) is 0 Å². The van der Waals surface area contributed by atoms with E-state index in [9.17, 15) is 0 Å². The molecule has 1 nitrogen and oxygen atoms in total. The van der Waals surface area contributed by atoms with E-state index in [0.29, 0.717) is 0 Å². The molecule has 2 aliphatic carbocycles. The Morgan fingerprint density at radius 1 is 1.33 bits per heavy atom. The van der Waals surface area contributed by atoms with E-state index in [1.807, 2.05) is 0 Å². The van der Waals surface area contributed by atoms with E-state index in [1.165, 1.54) is 45.2 Å². The van der Waals surface area contributed by atoms with Gasteiger partial charge in [-0.15, -0.1) is 0 Å². The molecule has 0 bridgehead atoms. The van der Waals surface area contributed by atoms with Gasteiger partial charge in [0.25, 0.3) is 0 Å². The topological polar surface area (TPSA) is 3.24 Å². The number of nitrogens with zero attached hydrogens (tertiary/aromatic N) is 1. The zero-order chi connectivity index (χ0) is 8.60. The maximum atomic E-state index is 2.48. The first-order chi connectivity index (χ1) is 5.77. The summed E-state index contributed by atoms with van der Waals surface area (Å²) in [7, 11) is 2.25. The molecule has 0 aliphatic heterocycles. The van der Waals surface area contributed by atoms with E-state index in [0.717, 1.165) is 11.3 Å². The smallest absolute Gasteiger partial charge is 0.00118 e. The minimum atomic E-state index is 0.851. The highest BCUT2D eigenvalue weighted by Gasteiger charge is 2.50. The normalized spacial score (nSPS) is 31.8. The van der Waals surface area contributed by atoms with Crippen molar-refractivity contribution in [1.82, 2.24) is 4.90 Å². The van der Waals surface area contributed by atoms with Gasteiger partial charge in [-0.25, -0.2) is 0 Å². The molecule has 2 rings (SSSR count). The van der Waals surface area contributed by atoms with Crippen molar-refractivity contribution in [2.75, 3.05) is 20.1 Å². The molecule has 2 saturated carbocycles. The lowest BCUT2D eigenvalue weighted by Crippen LogP contribution is -2.49. The molecule has 0 radical (unpaired) electrons. The Morgan fingerprint density at radius 3 is 2.42 bits per heavy atom. The van der Waals surface area contributed by atoms with Crippen molar-refractivity contribution in [1.29, 1.82) is 0 Å². The molecular weight excluding hydrogens is 146 g/mol. The fraction of sp³-hybridized carbons (Fsp3) is 1.00. The molecule has 0 aromatic rings. The van der Waals surface area contributed by atoms with Crippen LogP contribution in [0.5, 0.6) is 0 Å². The number of hydrogen-bond acceptors (Lipinski definition) is 1. The molecule has 0 aromatic heterocycles. The SMILES string of the molecule is CCN(C)C[C@@H]1CCC12CCC2. The van der Waals surface area contributed by atoms with Crippen molar-refractivity contribution < 1.29 is 0 Å². The lowest BCUT2D eigenvalue weighted by Gasteiger charge is -2.57. The average Bonchev–Trinajstić information content (AvgIpc) is 1.94. The third-order valence-electron chi connectivity index (χ3n) is 4.28. The van der Waals surface area contributed by atoms with Crippen molar-refractivity contribution in [3.8, 4) is 0 Å². The molecule has 1 heteroatoms. The Bertz CT molecular complexity index is 155. The number of hydrogen-bond donors (Lipinski definition) is 0. The van der Waals surface area contributed by atoms with Gasteiger partial charge in [0.1, 0.15) is 0 Å². The van der Waals surface area contributed by atoms with Gasteiger partial charge in [0.05, 0.1) is 0 Å². The summed E-state index contributed by atoms with van der Waals surface area (Å²) < 4.78 is 0. The number of rotatable bonds is 3. The van der Waals surface area contributed by atoms with E-state index in [2.05, 4.69) is 18.9 Å². The maximum absolute atomic E-state index is 2.48. The molecule has 0 aromatic carbocycles. The summed E-state index contributed by atoms with van der Waals surface area (Å²) in [5.74, 6) is 1.05. The molecule has 0 saturated heterocycles. The summed E-state index contributed by atoms with van der Waals surface area (Å²) >= 11 is 0. The summed E-state index contributed by atoms with van der Waals surface area (Å²) in [6, 6.07) is 0. The van der Waals surface area contributed by atoms with Crippen molar-refractivity contribution in [2.24, 2.45) is 11.3 Å². The summed E-state index contributed by atoms with van der Waals surface area (Å²) in [4.78, 5) is 2.48. The third kappa shape index (κ3) is 1.19. The lowest BCUT2D eigenvalue weighted by atomic mass is 9.50. The first-order valence-corrected chi connectivity index (χ1v) is 5.45. The molecule has 12 heavy (non-hydrogen) atoms. The zero-order valence-corrected chi connectivity index (χ0v) is 8.47. The summed E-state index contributed by atoms with van der Waals surface area (Å²) in [6.07, 6.45) is 7.62. The fourth-order valence-corrected chi connectivity index (χ4v) is 2.84. The maximum Gasteiger partial charge on any atom is 0.00118 e. The highest BCUT2D eigenvalue weighted by Crippen LogP contribution is 2.59. The monoisotopic (exact) mass is 167 g/mol. The highest BCUT2D eigenvalue weighted by molar-refractivity contribution is 5.01. The molecule has 70 valence electrons. The van der Waals surface area contributed by atoms with Crippen molar-refractivity contribution >= 4 is 0 Å². The second kappa shape index (κ2) is 3.02. The van der Waals surface area contributed by atoms with Gasteiger partial charge in [-0.2, -0.15) is 0 Å². The van der Waals surface area contributed by atoms with Gasteiger partial charge in [-0.3, -0.25) is 0 Å². The van der Waals surface area contributed by atoms with Gasteiger partial charge >= 0.3 is 0 Å². The van der Waals surface area contributed by atoms with E-state index in [4.69, 9.17) is 0 Å². The standard InChI is InChI=1S/C11H21N/c1-3-12(2)9-10-5-8-11(10)6-4-7-11/h10H,3-9H2,1-2H3/t10-/m0/s1. The Balaban J connectivity index is 1.81. The molecular formula is C11H21N. The van der Waals surface area contributed by atoms with Gasteiger partial charge in [-0.1, -0.05) is 13.3 Å². The van der Waals surface area contributed by atoms with Crippen LogP contribution in [0.3, 0.4) is 0 Å². The Kier molecular flexibility index (Phi) is 2.16. The Labute approximate surface area is 76.1 Å². The van der Waals surface area contributed by atoms with Gasteiger partial charge in [-0.05, 0) is 50.6 Å². The van der Waals surface area contributed by atoms with Gasteiger partial charge in [0.15, 0.2) is 0 Å². The molecule has 0 N–H and O–H groups in total. The van der Waals surface area contributed by atoms with E-state index < -0.39 is 0 Å². The minimum absolute atomic E-state index is 0.851. The van der Waals surface area contributed by atoms with Gasteiger partial charge < -0.3 is 4.90 Å². The molecule has 1 spiro atoms. The fourth-order valence-electron chi connectivity index (χ4n) is 2.84. The van der Waals surface area contributed by atoms with E-state index in [-0.39, 0.29) is 0 Å². The summed E-state index contributed by atoms with van der Waals surface area (Å²) in [5, 5.41) is 0. The van der Waals surface area contributed by atoms with Crippen LogP contribution in [0, 0.1) is 11.3 Å². The average molecular weight is 167 g/mol. The van der Waals surface area contributed by atoms with Crippen LogP contribution in [-0.4, -0.2) is 25.0 Å². The quantitative estimate of drug-likeness (QED) is 0.624. The first-order valence-electron chi connectivity index (χ1n) is 5.45. The van der Waals surface area contributed by atoms with E-state index >= 15 is 0 Å². The highest BCUT2D eigenvalue weighted by atomic mass is 15.1. The molecule has 0 heterocycles. The predicted molar refractivity (Wildman–Crippen MR) is 52.2 cm³/mol. The Morgan fingerprint density at radius 2 is 2.08 bits per heavy atom. The minimum Gasteiger partial charge on any atom is -0.306 e. The van der Waals surface area contributed by atoms with Gasteiger partial charge in [0, 0.05) is 6.54 Å². The van der Waals surface area contributed by atoms with Crippen LogP contribution in [0.25, 0.3) is 0 Å². The van der Waals surface area contributed by atoms with Crippen LogP contribution < -0.4 is 0 Å². The summed E-state index contributed by atoms with van der Waals surface area (Å²) in [5.41, 5.74) is 0.851. The lowest BCUT2D eigenvalue weighted by molar-refractivity contribution is -0.0608. The largest absolute Gasteiger partial charge is 0.306 e. The first kappa shape index (κ1) is 8.55. The second-order valence-electron chi connectivity index (χ2n) is 4.81. The van der Waals surface area contributed by atoms with Crippen LogP contribution in [0.4, 0.5) is 0 Å². The molecule has 0 amide bonds. The predicted octanol–water partition coefficient (Wildman–Crippen LogP) is 2.52. The van der Waals surface area contributed by atoms with Crippen molar-refractivity contribution in [2.45, 2.75) is 39.0 Å². The molecule has 1 atom stereocenters. The second-order valence-corrected chi connectivity index (χ2v) is 4.81. The summed E-state index contributed by atoms with van der Waals surface area (Å²) in [6.45, 7) is 4.83. The van der Waals surface area contributed by atoms with Crippen LogP contribution in [0.15, 0.2) is 0 Å². The van der Waals surface area contributed by atoms with Crippen molar-refractivity contribution in [3.05, 3.63) is 0 Å². The molecule has 2 aliphatic rings. The van der Waals surface area contributed by atoms with Crippen LogP contribution >= 0.6 is 0 Å². The van der Waals surface area contributed by atoms with Crippen LogP contribution in [0.1, 0.15) is 39.0 Å². The van der Waals surface area contributed by atoms with Crippen LogP contribution in [-0.2, 0) is 0 Å². The third-order valence-corrected chi connectivity index (χ3v) is 4.28. The zero-order valence-electron chi connectivity index (χ0n) is 8.47. The molecule has 0 unspecified atom stereocenters. The van der Waals surface area contributed by atoms with E-state index in [1.54, 1.807) is 0 Å². The Hall–Kier alpha value is -0.0400.